The molecule has 0 saturated heterocycles. The first-order chi connectivity index (χ1) is 9.20. The fourth-order valence-electron chi connectivity index (χ4n) is 2.76. The highest BCUT2D eigenvalue weighted by Crippen LogP contribution is 2.29. The molecule has 2 N–H and O–H groups in total. The number of anilines is 1. The van der Waals surface area contributed by atoms with Gasteiger partial charge in [0.15, 0.2) is 0 Å². The fraction of sp³-hybridized carbons (Fsp3) is 0.600. The Balaban J connectivity index is 1.92. The smallest absolute Gasteiger partial charge is 0.254 e. The second kappa shape index (κ2) is 6.55. The van der Waals surface area contributed by atoms with Crippen molar-refractivity contribution in [2.45, 2.75) is 33.1 Å². The van der Waals surface area contributed by atoms with Crippen LogP contribution in [-0.4, -0.2) is 24.0 Å². The number of carbonyl (C=O) groups is 1. The molecule has 4 heteroatoms. The summed E-state index contributed by atoms with van der Waals surface area (Å²) in [5, 5.41) is 6.23. The van der Waals surface area contributed by atoms with Crippen LogP contribution in [0.4, 0.5) is 5.69 Å². The summed E-state index contributed by atoms with van der Waals surface area (Å²) in [6.07, 6.45) is 7.08. The Morgan fingerprint density at radius 2 is 2.32 bits per heavy atom. The molecule has 1 aliphatic rings. The topological polar surface area (TPSA) is 54.0 Å². The molecule has 4 nitrogen and oxygen atoms in total. The van der Waals surface area contributed by atoms with Gasteiger partial charge in [0.25, 0.3) is 5.91 Å². The summed E-state index contributed by atoms with van der Waals surface area (Å²) in [6, 6.07) is 1.84. The van der Waals surface area contributed by atoms with Crippen LogP contribution >= 0.6 is 0 Å². The van der Waals surface area contributed by atoms with Crippen LogP contribution in [0.15, 0.2) is 18.5 Å². The van der Waals surface area contributed by atoms with Crippen LogP contribution in [-0.2, 0) is 0 Å². The standard InChI is InChI=1S/C15H23N3O/c1-3-17-14-6-7-16-10-13(14)15(19)18-9-12-5-4-11(2)8-12/h6-7,10-12H,3-5,8-9H2,1-2H3,(H,16,17)(H,18,19). The van der Waals surface area contributed by atoms with Gasteiger partial charge in [-0.2, -0.15) is 0 Å². The molecule has 1 aliphatic carbocycles. The van der Waals surface area contributed by atoms with E-state index >= 15 is 0 Å². The monoisotopic (exact) mass is 261 g/mol. The molecule has 0 spiro atoms. The second-order valence-electron chi connectivity index (χ2n) is 5.45. The van der Waals surface area contributed by atoms with Crippen molar-refractivity contribution in [3.05, 3.63) is 24.0 Å². The van der Waals surface area contributed by atoms with E-state index in [4.69, 9.17) is 0 Å². The average Bonchev–Trinajstić information content (AvgIpc) is 2.83. The zero-order valence-electron chi connectivity index (χ0n) is 11.8. The molecule has 104 valence electrons. The first-order valence-electron chi connectivity index (χ1n) is 7.16. The molecule has 0 aliphatic heterocycles. The third-order valence-corrected chi connectivity index (χ3v) is 3.79. The van der Waals surface area contributed by atoms with Crippen molar-refractivity contribution in [3.63, 3.8) is 0 Å². The van der Waals surface area contributed by atoms with Crippen LogP contribution in [0.5, 0.6) is 0 Å². The predicted molar refractivity (Wildman–Crippen MR) is 77.2 cm³/mol. The number of nitrogens with one attached hydrogen (secondary N) is 2. The van der Waals surface area contributed by atoms with Crippen LogP contribution in [0.25, 0.3) is 0 Å². The molecule has 1 fully saturated rings. The van der Waals surface area contributed by atoms with E-state index in [9.17, 15) is 4.79 Å². The van der Waals surface area contributed by atoms with Gasteiger partial charge in [-0.15, -0.1) is 0 Å². The number of hydrogen-bond donors (Lipinski definition) is 2. The molecule has 0 bridgehead atoms. The Bertz CT molecular complexity index is 433. The Kier molecular flexibility index (Phi) is 4.77. The van der Waals surface area contributed by atoms with Gasteiger partial charge in [-0.05, 0) is 37.7 Å². The van der Waals surface area contributed by atoms with E-state index in [1.54, 1.807) is 12.4 Å². The fourth-order valence-corrected chi connectivity index (χ4v) is 2.76. The molecule has 1 saturated carbocycles. The van der Waals surface area contributed by atoms with Crippen LogP contribution < -0.4 is 10.6 Å². The Labute approximate surface area is 115 Å². The van der Waals surface area contributed by atoms with Gasteiger partial charge >= 0.3 is 0 Å². The predicted octanol–water partition coefficient (Wildman–Crippen LogP) is 2.68. The third kappa shape index (κ3) is 3.69. The van der Waals surface area contributed by atoms with Crippen molar-refractivity contribution >= 4 is 11.6 Å². The highest BCUT2D eigenvalue weighted by atomic mass is 16.1. The molecule has 0 radical (unpaired) electrons. The van der Waals surface area contributed by atoms with E-state index in [0.717, 1.165) is 24.7 Å². The van der Waals surface area contributed by atoms with Gasteiger partial charge in [-0.3, -0.25) is 9.78 Å². The van der Waals surface area contributed by atoms with Crippen molar-refractivity contribution in [1.82, 2.24) is 10.3 Å². The van der Waals surface area contributed by atoms with Gasteiger partial charge in [-0.1, -0.05) is 13.3 Å². The molecule has 1 heterocycles. The molecule has 2 unspecified atom stereocenters. The Morgan fingerprint density at radius 1 is 1.47 bits per heavy atom. The van der Waals surface area contributed by atoms with E-state index in [1.165, 1.54) is 19.3 Å². The number of rotatable bonds is 5. The highest BCUT2D eigenvalue weighted by molar-refractivity contribution is 5.99. The highest BCUT2D eigenvalue weighted by Gasteiger charge is 2.22. The van der Waals surface area contributed by atoms with Crippen LogP contribution in [0.3, 0.4) is 0 Å². The van der Waals surface area contributed by atoms with Gasteiger partial charge in [0, 0.05) is 25.5 Å². The summed E-state index contributed by atoms with van der Waals surface area (Å²) in [5.41, 5.74) is 1.49. The van der Waals surface area contributed by atoms with E-state index in [2.05, 4.69) is 22.5 Å². The molecular weight excluding hydrogens is 238 g/mol. The summed E-state index contributed by atoms with van der Waals surface area (Å²) in [6.45, 7) is 5.88. The van der Waals surface area contributed by atoms with E-state index in [-0.39, 0.29) is 5.91 Å². The van der Waals surface area contributed by atoms with Crippen LogP contribution in [0.2, 0.25) is 0 Å². The molecule has 1 aromatic rings. The van der Waals surface area contributed by atoms with Crippen LogP contribution in [0.1, 0.15) is 43.5 Å². The van der Waals surface area contributed by atoms with Gasteiger partial charge < -0.3 is 10.6 Å². The molecule has 1 aromatic heterocycles. The zero-order valence-corrected chi connectivity index (χ0v) is 11.8. The van der Waals surface area contributed by atoms with Gasteiger partial charge in [0.2, 0.25) is 0 Å². The van der Waals surface area contributed by atoms with E-state index in [1.807, 2.05) is 13.0 Å². The maximum absolute atomic E-state index is 12.2. The summed E-state index contributed by atoms with van der Waals surface area (Å²) >= 11 is 0. The SMILES string of the molecule is CCNc1ccncc1C(=O)NCC1CCC(C)C1. The average molecular weight is 261 g/mol. The number of nitrogens with zero attached hydrogens (tertiary/aromatic N) is 1. The largest absolute Gasteiger partial charge is 0.385 e. The van der Waals surface area contributed by atoms with Gasteiger partial charge in [0.1, 0.15) is 0 Å². The van der Waals surface area contributed by atoms with Crippen molar-refractivity contribution in [2.24, 2.45) is 11.8 Å². The number of amides is 1. The van der Waals surface area contributed by atoms with E-state index < -0.39 is 0 Å². The summed E-state index contributed by atoms with van der Waals surface area (Å²) in [4.78, 5) is 16.2. The lowest BCUT2D eigenvalue weighted by molar-refractivity contribution is 0.0947. The Morgan fingerprint density at radius 3 is 3.00 bits per heavy atom. The molecule has 1 amide bonds. The summed E-state index contributed by atoms with van der Waals surface area (Å²) in [5.74, 6) is 1.42. The minimum absolute atomic E-state index is 0.0244. The normalized spacial score (nSPS) is 22.2. The number of carbonyl (C=O) groups excluding carboxylic acids is 1. The molecule has 2 atom stereocenters. The third-order valence-electron chi connectivity index (χ3n) is 3.79. The first kappa shape index (κ1) is 13.8. The first-order valence-corrected chi connectivity index (χ1v) is 7.16. The Hall–Kier alpha value is -1.58. The van der Waals surface area contributed by atoms with Crippen LogP contribution in [0, 0.1) is 11.8 Å². The van der Waals surface area contributed by atoms with Crippen molar-refractivity contribution < 1.29 is 4.79 Å². The lowest BCUT2D eigenvalue weighted by atomic mass is 10.1. The second-order valence-corrected chi connectivity index (χ2v) is 5.45. The minimum Gasteiger partial charge on any atom is -0.385 e. The molecular formula is C15H23N3O. The maximum atomic E-state index is 12.2. The van der Waals surface area contributed by atoms with E-state index in [0.29, 0.717) is 11.5 Å². The maximum Gasteiger partial charge on any atom is 0.254 e. The number of hydrogen-bond acceptors (Lipinski definition) is 3. The summed E-state index contributed by atoms with van der Waals surface area (Å²) in [7, 11) is 0. The number of pyridine rings is 1. The summed E-state index contributed by atoms with van der Waals surface area (Å²) < 4.78 is 0. The van der Waals surface area contributed by atoms with Crippen molar-refractivity contribution in [1.29, 1.82) is 0 Å². The quantitative estimate of drug-likeness (QED) is 0.857. The zero-order chi connectivity index (χ0) is 13.7. The molecule has 0 aromatic carbocycles. The minimum atomic E-state index is -0.0244. The lowest BCUT2D eigenvalue weighted by Gasteiger charge is -2.13. The van der Waals surface area contributed by atoms with Crippen molar-refractivity contribution in [3.8, 4) is 0 Å². The molecule has 2 rings (SSSR count). The van der Waals surface area contributed by atoms with Crippen molar-refractivity contribution in [2.75, 3.05) is 18.4 Å². The molecule has 19 heavy (non-hydrogen) atoms. The lowest BCUT2D eigenvalue weighted by Crippen LogP contribution is -2.29. The number of aromatic nitrogens is 1. The van der Waals surface area contributed by atoms with Gasteiger partial charge in [-0.25, -0.2) is 0 Å². The van der Waals surface area contributed by atoms with Gasteiger partial charge in [0.05, 0.1) is 11.3 Å².